The predicted molar refractivity (Wildman–Crippen MR) is 49.5 cm³/mol. The summed E-state index contributed by atoms with van der Waals surface area (Å²) in [6.45, 7) is 1.45. The van der Waals surface area contributed by atoms with Crippen molar-refractivity contribution in [2.45, 2.75) is 6.92 Å². The molecule has 0 aliphatic heterocycles. The highest BCUT2D eigenvalue weighted by Crippen LogP contribution is 2.03. The van der Waals surface area contributed by atoms with Crippen LogP contribution in [0.1, 0.15) is 15.9 Å². The Labute approximate surface area is 76.8 Å². The smallest absolute Gasteiger partial charge is 0.251 e. The van der Waals surface area contributed by atoms with E-state index in [0.29, 0.717) is 5.56 Å². The summed E-state index contributed by atoms with van der Waals surface area (Å²) in [5.74, 6) is -0.221. The van der Waals surface area contributed by atoms with Gasteiger partial charge in [0.2, 0.25) is 0 Å². The van der Waals surface area contributed by atoms with E-state index in [4.69, 9.17) is 0 Å². The molecule has 2 nitrogen and oxygen atoms in total. The van der Waals surface area contributed by atoms with E-state index < -0.39 is 6.67 Å². The van der Waals surface area contributed by atoms with Crippen molar-refractivity contribution in [2.24, 2.45) is 0 Å². The third-order valence-electron chi connectivity index (χ3n) is 1.66. The maximum atomic E-state index is 11.7. The number of nitrogens with one attached hydrogen (secondary N) is 1. The van der Waals surface area contributed by atoms with Crippen LogP contribution >= 0.6 is 0 Å². The van der Waals surface area contributed by atoms with Crippen molar-refractivity contribution in [2.75, 3.05) is 13.2 Å². The van der Waals surface area contributed by atoms with Gasteiger partial charge in [-0.2, -0.15) is 0 Å². The molecular formula is C10H12FNO. The van der Waals surface area contributed by atoms with Gasteiger partial charge in [-0.3, -0.25) is 4.79 Å². The lowest BCUT2D eigenvalue weighted by atomic mass is 10.1. The third-order valence-corrected chi connectivity index (χ3v) is 1.66. The van der Waals surface area contributed by atoms with Crippen LogP contribution in [0.15, 0.2) is 24.3 Å². The Balaban J connectivity index is 2.66. The lowest BCUT2D eigenvalue weighted by Gasteiger charge is -2.02. The van der Waals surface area contributed by atoms with Gasteiger partial charge < -0.3 is 5.32 Å². The van der Waals surface area contributed by atoms with Gasteiger partial charge >= 0.3 is 0 Å². The summed E-state index contributed by atoms with van der Waals surface area (Å²) in [5.41, 5.74) is 1.60. The molecule has 1 rings (SSSR count). The molecule has 0 radical (unpaired) electrons. The number of benzene rings is 1. The summed E-state index contributed by atoms with van der Waals surface area (Å²) < 4.78 is 11.7. The van der Waals surface area contributed by atoms with Gasteiger partial charge in [-0.25, -0.2) is 4.39 Å². The Kier molecular flexibility index (Phi) is 3.43. The number of hydrogen-bond acceptors (Lipinski definition) is 1. The highest BCUT2D eigenvalue weighted by molar-refractivity contribution is 5.94. The Morgan fingerprint density at radius 3 is 2.92 bits per heavy atom. The van der Waals surface area contributed by atoms with Crippen molar-refractivity contribution in [3.8, 4) is 0 Å². The number of amides is 1. The summed E-state index contributed by atoms with van der Waals surface area (Å²) >= 11 is 0. The molecule has 1 N–H and O–H groups in total. The second-order valence-corrected chi connectivity index (χ2v) is 2.81. The fraction of sp³-hybridized carbons (Fsp3) is 0.300. The number of rotatable bonds is 3. The normalized spacial score (nSPS) is 9.69. The average Bonchev–Trinajstić information content (AvgIpc) is 2.14. The van der Waals surface area contributed by atoms with Crippen molar-refractivity contribution in [3.05, 3.63) is 35.4 Å². The zero-order valence-corrected chi connectivity index (χ0v) is 7.51. The number of halogens is 1. The summed E-state index contributed by atoms with van der Waals surface area (Å²) in [4.78, 5) is 11.3. The molecule has 1 aromatic rings. The van der Waals surface area contributed by atoms with Crippen molar-refractivity contribution >= 4 is 5.91 Å². The molecule has 13 heavy (non-hydrogen) atoms. The maximum Gasteiger partial charge on any atom is 0.251 e. The van der Waals surface area contributed by atoms with Crippen LogP contribution < -0.4 is 5.32 Å². The summed E-state index contributed by atoms with van der Waals surface area (Å²) in [5, 5.41) is 2.46. The van der Waals surface area contributed by atoms with Crippen LogP contribution in [0, 0.1) is 6.92 Å². The number of hydrogen-bond donors (Lipinski definition) is 1. The lowest BCUT2D eigenvalue weighted by Crippen LogP contribution is -2.25. The summed E-state index contributed by atoms with van der Waals surface area (Å²) in [6, 6.07) is 7.19. The van der Waals surface area contributed by atoms with Crippen LogP contribution in [0.3, 0.4) is 0 Å². The fourth-order valence-electron chi connectivity index (χ4n) is 1.05. The van der Waals surface area contributed by atoms with Crippen LogP contribution in [0.2, 0.25) is 0 Å². The van der Waals surface area contributed by atoms with Crippen LogP contribution in [0.25, 0.3) is 0 Å². The van der Waals surface area contributed by atoms with Crippen molar-refractivity contribution in [1.29, 1.82) is 0 Å². The van der Waals surface area contributed by atoms with E-state index in [1.54, 1.807) is 18.2 Å². The molecule has 0 spiro atoms. The second kappa shape index (κ2) is 4.60. The first-order valence-corrected chi connectivity index (χ1v) is 4.15. The van der Waals surface area contributed by atoms with E-state index in [-0.39, 0.29) is 12.5 Å². The van der Waals surface area contributed by atoms with Gasteiger partial charge in [0, 0.05) is 12.1 Å². The van der Waals surface area contributed by atoms with Crippen LogP contribution in [0.4, 0.5) is 4.39 Å². The zero-order valence-electron chi connectivity index (χ0n) is 7.51. The van der Waals surface area contributed by atoms with E-state index in [9.17, 15) is 9.18 Å². The van der Waals surface area contributed by atoms with E-state index in [0.717, 1.165) is 5.56 Å². The molecule has 0 aliphatic carbocycles. The zero-order chi connectivity index (χ0) is 9.68. The molecule has 0 saturated heterocycles. The molecule has 0 aliphatic rings. The van der Waals surface area contributed by atoms with Crippen LogP contribution in [-0.4, -0.2) is 19.1 Å². The number of carbonyl (C=O) groups is 1. The number of alkyl halides is 1. The molecule has 0 bridgehead atoms. The van der Waals surface area contributed by atoms with Crippen molar-refractivity contribution in [3.63, 3.8) is 0 Å². The van der Waals surface area contributed by atoms with E-state index >= 15 is 0 Å². The number of carbonyl (C=O) groups excluding carboxylic acids is 1. The largest absolute Gasteiger partial charge is 0.349 e. The number of aryl methyl sites for hydroxylation is 1. The molecule has 1 amide bonds. The van der Waals surface area contributed by atoms with Gasteiger partial charge in [0.1, 0.15) is 6.67 Å². The second-order valence-electron chi connectivity index (χ2n) is 2.81. The predicted octanol–water partition coefficient (Wildman–Crippen LogP) is 1.69. The van der Waals surface area contributed by atoms with E-state index in [2.05, 4.69) is 5.32 Å². The highest BCUT2D eigenvalue weighted by Gasteiger charge is 2.03. The maximum absolute atomic E-state index is 11.7. The van der Waals surface area contributed by atoms with Gasteiger partial charge in [0.25, 0.3) is 5.91 Å². The fourth-order valence-corrected chi connectivity index (χ4v) is 1.05. The monoisotopic (exact) mass is 181 g/mol. The van der Waals surface area contributed by atoms with Crippen LogP contribution in [-0.2, 0) is 0 Å². The van der Waals surface area contributed by atoms with Crippen molar-refractivity contribution in [1.82, 2.24) is 5.32 Å². The van der Waals surface area contributed by atoms with Crippen molar-refractivity contribution < 1.29 is 9.18 Å². The minimum absolute atomic E-state index is 0.0762. The minimum Gasteiger partial charge on any atom is -0.349 e. The molecule has 0 saturated carbocycles. The SMILES string of the molecule is Cc1cccc(C(=O)NCCF)c1. The minimum atomic E-state index is -0.530. The molecule has 0 aromatic heterocycles. The quantitative estimate of drug-likeness (QED) is 0.755. The summed E-state index contributed by atoms with van der Waals surface area (Å²) in [6.07, 6.45) is 0. The first-order chi connectivity index (χ1) is 6.24. The third kappa shape index (κ3) is 2.86. The van der Waals surface area contributed by atoms with Gasteiger partial charge in [0.15, 0.2) is 0 Å². The first-order valence-electron chi connectivity index (χ1n) is 4.15. The van der Waals surface area contributed by atoms with Crippen LogP contribution in [0.5, 0.6) is 0 Å². The molecule has 1 aromatic carbocycles. The first kappa shape index (κ1) is 9.71. The Bertz CT molecular complexity index is 299. The van der Waals surface area contributed by atoms with Gasteiger partial charge in [-0.15, -0.1) is 0 Å². The molecular weight excluding hydrogens is 169 g/mol. The Morgan fingerprint density at radius 1 is 1.54 bits per heavy atom. The summed E-state index contributed by atoms with van der Waals surface area (Å²) in [7, 11) is 0. The van der Waals surface area contributed by atoms with Gasteiger partial charge in [0.05, 0.1) is 0 Å². The molecule has 70 valence electrons. The van der Waals surface area contributed by atoms with E-state index in [1.165, 1.54) is 0 Å². The molecule has 0 heterocycles. The highest BCUT2D eigenvalue weighted by atomic mass is 19.1. The molecule has 0 fully saturated rings. The average molecular weight is 181 g/mol. The Morgan fingerprint density at radius 2 is 2.31 bits per heavy atom. The van der Waals surface area contributed by atoms with Gasteiger partial charge in [-0.1, -0.05) is 17.7 Å². The lowest BCUT2D eigenvalue weighted by molar-refractivity contribution is 0.0950. The molecule has 0 unspecified atom stereocenters. The van der Waals surface area contributed by atoms with E-state index in [1.807, 2.05) is 13.0 Å². The topological polar surface area (TPSA) is 29.1 Å². The Hall–Kier alpha value is -1.38. The molecule has 0 atom stereocenters. The standard InChI is InChI=1S/C10H12FNO/c1-8-3-2-4-9(7-8)10(13)12-6-5-11/h2-4,7H,5-6H2,1H3,(H,12,13). The molecule has 3 heteroatoms. The van der Waals surface area contributed by atoms with Gasteiger partial charge in [-0.05, 0) is 19.1 Å².